The zero-order valence-electron chi connectivity index (χ0n) is 10.9. The van der Waals surface area contributed by atoms with Gasteiger partial charge in [-0.15, -0.1) is 0 Å². The summed E-state index contributed by atoms with van der Waals surface area (Å²) in [6.45, 7) is 0. The van der Waals surface area contributed by atoms with E-state index in [1.165, 1.54) is 6.08 Å². The van der Waals surface area contributed by atoms with Crippen molar-refractivity contribution in [2.75, 3.05) is 0 Å². The molecule has 2 aromatic carbocycles. The lowest BCUT2D eigenvalue weighted by atomic mass is 10.1. The maximum Gasteiger partial charge on any atom is 0.188 e. The summed E-state index contributed by atoms with van der Waals surface area (Å²) >= 11 is 0. The zero-order chi connectivity index (χ0) is 14.8. The average molecular weight is 283 g/mol. The molecule has 0 radical (unpaired) electrons. The van der Waals surface area contributed by atoms with Crippen LogP contribution in [-0.2, 0) is 0 Å². The molecule has 0 saturated carbocycles. The van der Waals surface area contributed by atoms with Crippen LogP contribution in [0.1, 0.15) is 15.9 Å². The number of nitrogens with one attached hydrogen (secondary N) is 1. The standard InChI is InChI=1S/C17H11F2NO/c18-12-6-7-15(19)14(9-12)17(21)8-5-11-10-20-16-4-2-1-3-13(11)16/h1-10,20H/b8-5+. The normalized spacial score (nSPS) is 11.3. The highest BCUT2D eigenvalue weighted by Gasteiger charge is 2.10. The molecular weight excluding hydrogens is 272 g/mol. The number of carbonyl (C=O) groups excluding carboxylic acids is 1. The number of para-hydroxylation sites is 1. The van der Waals surface area contributed by atoms with Crippen molar-refractivity contribution in [1.29, 1.82) is 0 Å². The third-order valence-corrected chi connectivity index (χ3v) is 3.23. The number of allylic oxidation sites excluding steroid dienone is 1. The number of aromatic amines is 1. The molecule has 104 valence electrons. The van der Waals surface area contributed by atoms with E-state index in [1.807, 2.05) is 24.3 Å². The first-order valence-corrected chi connectivity index (χ1v) is 6.39. The minimum Gasteiger partial charge on any atom is -0.361 e. The quantitative estimate of drug-likeness (QED) is 0.563. The topological polar surface area (TPSA) is 32.9 Å². The zero-order valence-corrected chi connectivity index (χ0v) is 10.9. The first kappa shape index (κ1) is 13.2. The van der Waals surface area contributed by atoms with Crippen LogP contribution in [0.2, 0.25) is 0 Å². The van der Waals surface area contributed by atoms with Gasteiger partial charge in [0, 0.05) is 17.1 Å². The molecule has 21 heavy (non-hydrogen) atoms. The van der Waals surface area contributed by atoms with Gasteiger partial charge in [0.2, 0.25) is 0 Å². The van der Waals surface area contributed by atoms with Gasteiger partial charge < -0.3 is 4.98 Å². The maximum atomic E-state index is 13.5. The number of fused-ring (bicyclic) bond motifs is 1. The van der Waals surface area contributed by atoms with Crippen LogP contribution in [0.4, 0.5) is 8.78 Å². The highest BCUT2D eigenvalue weighted by atomic mass is 19.1. The second-order valence-electron chi connectivity index (χ2n) is 4.61. The van der Waals surface area contributed by atoms with Crippen LogP contribution in [0.3, 0.4) is 0 Å². The Balaban J connectivity index is 1.92. The molecule has 0 aliphatic heterocycles. The van der Waals surface area contributed by atoms with Crippen molar-refractivity contribution in [3.8, 4) is 0 Å². The van der Waals surface area contributed by atoms with E-state index in [2.05, 4.69) is 4.98 Å². The van der Waals surface area contributed by atoms with E-state index in [9.17, 15) is 13.6 Å². The second-order valence-corrected chi connectivity index (χ2v) is 4.61. The number of hydrogen-bond donors (Lipinski definition) is 1. The number of carbonyl (C=O) groups is 1. The minimum atomic E-state index is -0.732. The number of hydrogen-bond acceptors (Lipinski definition) is 1. The van der Waals surface area contributed by atoms with Gasteiger partial charge in [-0.2, -0.15) is 0 Å². The van der Waals surface area contributed by atoms with Crippen molar-refractivity contribution in [2.24, 2.45) is 0 Å². The predicted molar refractivity (Wildman–Crippen MR) is 78.0 cm³/mol. The third-order valence-electron chi connectivity index (χ3n) is 3.23. The van der Waals surface area contributed by atoms with Crippen LogP contribution in [0.15, 0.2) is 54.7 Å². The van der Waals surface area contributed by atoms with Crippen molar-refractivity contribution >= 4 is 22.8 Å². The van der Waals surface area contributed by atoms with Crippen LogP contribution in [0, 0.1) is 11.6 Å². The van der Waals surface area contributed by atoms with Crippen LogP contribution in [-0.4, -0.2) is 10.8 Å². The van der Waals surface area contributed by atoms with Gasteiger partial charge in [0.15, 0.2) is 5.78 Å². The van der Waals surface area contributed by atoms with Gasteiger partial charge in [-0.25, -0.2) is 8.78 Å². The van der Waals surface area contributed by atoms with Gasteiger partial charge in [0.25, 0.3) is 0 Å². The number of rotatable bonds is 3. The Morgan fingerprint density at radius 2 is 1.90 bits per heavy atom. The first-order chi connectivity index (χ1) is 10.1. The highest BCUT2D eigenvalue weighted by Crippen LogP contribution is 2.19. The smallest absolute Gasteiger partial charge is 0.188 e. The summed E-state index contributed by atoms with van der Waals surface area (Å²) in [6.07, 6.45) is 4.59. The number of benzene rings is 2. The van der Waals surface area contributed by atoms with E-state index >= 15 is 0 Å². The van der Waals surface area contributed by atoms with Crippen molar-refractivity contribution in [3.63, 3.8) is 0 Å². The molecule has 0 atom stereocenters. The van der Waals surface area contributed by atoms with Crippen LogP contribution in [0.25, 0.3) is 17.0 Å². The van der Waals surface area contributed by atoms with E-state index in [4.69, 9.17) is 0 Å². The van der Waals surface area contributed by atoms with Gasteiger partial charge in [-0.05, 0) is 42.0 Å². The summed E-state index contributed by atoms with van der Waals surface area (Å²) in [5, 5.41) is 0.960. The Labute approximate surface area is 119 Å². The molecule has 2 nitrogen and oxygen atoms in total. The van der Waals surface area contributed by atoms with Gasteiger partial charge in [-0.1, -0.05) is 18.2 Å². The van der Waals surface area contributed by atoms with Gasteiger partial charge in [0.05, 0.1) is 5.56 Å². The summed E-state index contributed by atoms with van der Waals surface area (Å²) < 4.78 is 26.6. The summed E-state index contributed by atoms with van der Waals surface area (Å²) in [5.74, 6) is -1.94. The number of halogens is 2. The molecule has 0 spiro atoms. The Kier molecular flexibility index (Phi) is 3.36. The molecule has 1 N–H and O–H groups in total. The molecule has 0 amide bonds. The largest absolute Gasteiger partial charge is 0.361 e. The van der Waals surface area contributed by atoms with Crippen LogP contribution < -0.4 is 0 Å². The fraction of sp³-hybridized carbons (Fsp3) is 0. The Bertz CT molecular complexity index is 849. The molecule has 3 aromatic rings. The lowest BCUT2D eigenvalue weighted by molar-refractivity contribution is 0.104. The summed E-state index contributed by atoms with van der Waals surface area (Å²) in [4.78, 5) is 15.0. The molecule has 0 aliphatic carbocycles. The van der Waals surface area contributed by atoms with E-state index in [0.717, 1.165) is 34.7 Å². The third kappa shape index (κ3) is 2.60. The summed E-state index contributed by atoms with van der Waals surface area (Å²) in [6, 6.07) is 10.5. The number of aromatic nitrogens is 1. The minimum absolute atomic E-state index is 0.272. The maximum absolute atomic E-state index is 13.5. The molecule has 0 unspecified atom stereocenters. The molecule has 0 bridgehead atoms. The Hall–Kier alpha value is -2.75. The van der Waals surface area contributed by atoms with Crippen LogP contribution in [0.5, 0.6) is 0 Å². The van der Waals surface area contributed by atoms with E-state index in [-0.39, 0.29) is 5.56 Å². The average Bonchev–Trinajstić information content (AvgIpc) is 2.90. The molecule has 1 aromatic heterocycles. The van der Waals surface area contributed by atoms with Gasteiger partial charge >= 0.3 is 0 Å². The summed E-state index contributed by atoms with van der Waals surface area (Å²) in [5.41, 5.74) is 1.49. The second kappa shape index (κ2) is 5.32. The monoisotopic (exact) mass is 283 g/mol. The Morgan fingerprint density at radius 3 is 2.76 bits per heavy atom. The Morgan fingerprint density at radius 1 is 1.10 bits per heavy atom. The molecule has 0 saturated heterocycles. The predicted octanol–water partition coefficient (Wildman–Crippen LogP) is 4.34. The molecule has 0 fully saturated rings. The van der Waals surface area contributed by atoms with Crippen molar-refractivity contribution in [2.45, 2.75) is 0 Å². The van der Waals surface area contributed by atoms with E-state index in [1.54, 1.807) is 12.3 Å². The van der Waals surface area contributed by atoms with E-state index in [0.29, 0.717) is 0 Å². The lowest BCUT2D eigenvalue weighted by Crippen LogP contribution is -1.99. The lowest BCUT2D eigenvalue weighted by Gasteiger charge is -1.98. The van der Waals surface area contributed by atoms with Gasteiger partial charge in [0.1, 0.15) is 11.6 Å². The van der Waals surface area contributed by atoms with Crippen LogP contribution >= 0.6 is 0 Å². The number of H-pyrrole nitrogens is 1. The number of ketones is 1. The van der Waals surface area contributed by atoms with Gasteiger partial charge in [-0.3, -0.25) is 4.79 Å². The van der Waals surface area contributed by atoms with Crippen molar-refractivity contribution in [3.05, 3.63) is 77.5 Å². The molecule has 0 aliphatic rings. The summed E-state index contributed by atoms with van der Waals surface area (Å²) in [7, 11) is 0. The fourth-order valence-corrected chi connectivity index (χ4v) is 2.17. The van der Waals surface area contributed by atoms with E-state index < -0.39 is 17.4 Å². The highest BCUT2D eigenvalue weighted by molar-refractivity contribution is 6.07. The molecule has 3 rings (SSSR count). The van der Waals surface area contributed by atoms with Crippen molar-refractivity contribution in [1.82, 2.24) is 4.98 Å². The van der Waals surface area contributed by atoms with Crippen molar-refractivity contribution < 1.29 is 13.6 Å². The molecular formula is C17H11F2NO. The SMILES string of the molecule is O=C(/C=C/c1c[nH]c2ccccc12)c1cc(F)ccc1F. The molecule has 1 heterocycles. The first-order valence-electron chi connectivity index (χ1n) is 6.39. The fourth-order valence-electron chi connectivity index (χ4n) is 2.17. The molecule has 4 heteroatoms.